The third-order valence-corrected chi connectivity index (χ3v) is 1.53. The Kier molecular flexibility index (Phi) is 3.16. The summed E-state index contributed by atoms with van der Waals surface area (Å²) < 4.78 is 39.0. The zero-order valence-electron chi connectivity index (χ0n) is 7.78. The lowest BCUT2D eigenvalue weighted by Gasteiger charge is -2.08. The predicted molar refractivity (Wildman–Crippen MR) is 45.8 cm³/mol. The fourth-order valence-corrected chi connectivity index (χ4v) is 1.02. The van der Waals surface area contributed by atoms with Gasteiger partial charge in [0.15, 0.2) is 12.0 Å². The quantitative estimate of drug-likeness (QED) is 0.491. The Morgan fingerprint density at radius 1 is 1.47 bits per heavy atom. The van der Waals surface area contributed by atoms with E-state index in [4.69, 9.17) is 0 Å². The Bertz CT molecular complexity index is 521. The molecule has 0 fully saturated rings. The SMILES string of the molecule is O=Cc1[nH]c(=O)cc(OC(F)(F)F)c1[N+](=O)[O-]. The molecule has 1 N–H and O–H groups in total. The lowest BCUT2D eigenvalue weighted by Crippen LogP contribution is -2.21. The zero-order valence-corrected chi connectivity index (χ0v) is 7.78. The van der Waals surface area contributed by atoms with Crippen LogP contribution in [0, 0.1) is 10.1 Å². The molecule has 0 saturated carbocycles. The van der Waals surface area contributed by atoms with Crippen molar-refractivity contribution in [2.24, 2.45) is 0 Å². The van der Waals surface area contributed by atoms with Crippen molar-refractivity contribution in [3.05, 3.63) is 32.2 Å². The molecule has 0 atom stereocenters. The average Bonchev–Trinajstić information content (AvgIpc) is 2.12. The van der Waals surface area contributed by atoms with Gasteiger partial charge in [0.05, 0.1) is 11.0 Å². The second-order valence-corrected chi connectivity index (χ2v) is 2.68. The van der Waals surface area contributed by atoms with Crippen LogP contribution in [0.25, 0.3) is 0 Å². The van der Waals surface area contributed by atoms with E-state index in [1.807, 2.05) is 0 Å². The molecule has 0 radical (unpaired) electrons. The molecule has 1 heterocycles. The summed E-state index contributed by atoms with van der Waals surface area (Å²) in [6.07, 6.45) is -5.36. The number of hydrogen-bond acceptors (Lipinski definition) is 5. The van der Waals surface area contributed by atoms with Crippen LogP contribution in [0.5, 0.6) is 5.75 Å². The maximum Gasteiger partial charge on any atom is 0.573 e. The molecule has 0 aliphatic heterocycles. The first-order valence-electron chi connectivity index (χ1n) is 3.87. The topological polar surface area (TPSA) is 102 Å². The molecule has 0 spiro atoms. The number of pyridine rings is 1. The minimum atomic E-state index is -5.21. The van der Waals surface area contributed by atoms with Crippen LogP contribution in [0.4, 0.5) is 18.9 Å². The third-order valence-electron chi connectivity index (χ3n) is 1.53. The summed E-state index contributed by atoms with van der Waals surface area (Å²) >= 11 is 0. The summed E-state index contributed by atoms with van der Waals surface area (Å²) in [4.78, 5) is 32.2. The molecule has 0 amide bonds. The first kappa shape index (κ1) is 12.7. The maximum atomic E-state index is 11.9. The van der Waals surface area contributed by atoms with Crippen LogP contribution in [0.3, 0.4) is 0 Å². The average molecular weight is 252 g/mol. The number of ether oxygens (including phenoxy) is 1. The van der Waals surface area contributed by atoms with Gasteiger partial charge in [-0.2, -0.15) is 0 Å². The zero-order chi connectivity index (χ0) is 13.2. The first-order valence-corrected chi connectivity index (χ1v) is 3.87. The molecule has 0 unspecified atom stereocenters. The van der Waals surface area contributed by atoms with Gasteiger partial charge >= 0.3 is 12.0 Å². The van der Waals surface area contributed by atoms with Crippen LogP contribution in [-0.2, 0) is 0 Å². The Labute approximate surface area is 90.0 Å². The van der Waals surface area contributed by atoms with Crippen molar-refractivity contribution in [1.29, 1.82) is 0 Å². The summed E-state index contributed by atoms with van der Waals surface area (Å²) in [7, 11) is 0. The highest BCUT2D eigenvalue weighted by Gasteiger charge is 2.36. The lowest BCUT2D eigenvalue weighted by molar-refractivity contribution is -0.389. The van der Waals surface area contributed by atoms with Crippen molar-refractivity contribution in [2.45, 2.75) is 6.36 Å². The third kappa shape index (κ3) is 3.03. The highest BCUT2D eigenvalue weighted by molar-refractivity contribution is 5.80. The molecule has 1 aromatic rings. The van der Waals surface area contributed by atoms with Crippen molar-refractivity contribution >= 4 is 12.0 Å². The largest absolute Gasteiger partial charge is 0.573 e. The van der Waals surface area contributed by atoms with Crippen LogP contribution in [0.1, 0.15) is 10.5 Å². The number of alkyl halides is 3. The fraction of sp³-hybridized carbons (Fsp3) is 0.143. The van der Waals surface area contributed by atoms with Crippen LogP contribution in [0.15, 0.2) is 10.9 Å². The highest BCUT2D eigenvalue weighted by atomic mass is 19.4. The number of rotatable bonds is 3. The molecule has 0 aliphatic rings. The summed E-state index contributed by atoms with van der Waals surface area (Å²) in [6, 6.07) is 0.235. The fourth-order valence-electron chi connectivity index (χ4n) is 1.02. The number of hydrogen-bond donors (Lipinski definition) is 1. The summed E-state index contributed by atoms with van der Waals surface area (Å²) in [5.74, 6) is -1.34. The molecule has 1 rings (SSSR count). The Morgan fingerprint density at radius 3 is 2.47 bits per heavy atom. The number of aromatic amines is 1. The van der Waals surface area contributed by atoms with Crippen molar-refractivity contribution in [3.63, 3.8) is 0 Å². The number of nitro groups is 1. The van der Waals surface area contributed by atoms with Crippen molar-refractivity contribution in [2.75, 3.05) is 0 Å². The number of halogens is 3. The minimum absolute atomic E-state index is 0.150. The summed E-state index contributed by atoms with van der Waals surface area (Å²) in [6.45, 7) is 0. The Morgan fingerprint density at radius 2 is 2.06 bits per heavy atom. The standard InChI is InChI=1S/C7H3F3N2O5/c8-7(9,10)17-4-1-5(14)11-3(2-13)6(4)12(15)16/h1-2H,(H,11,14). The van der Waals surface area contributed by atoms with Gasteiger partial charge in [0.2, 0.25) is 5.75 Å². The normalized spacial score (nSPS) is 11.0. The molecule has 0 aromatic carbocycles. The van der Waals surface area contributed by atoms with Crippen molar-refractivity contribution in [3.8, 4) is 5.75 Å². The monoisotopic (exact) mass is 252 g/mol. The van der Waals surface area contributed by atoms with Gasteiger partial charge in [-0.25, -0.2) is 0 Å². The maximum absolute atomic E-state index is 11.9. The van der Waals surface area contributed by atoms with E-state index in [-0.39, 0.29) is 12.4 Å². The van der Waals surface area contributed by atoms with Gasteiger partial charge in [-0.05, 0) is 0 Å². The van der Waals surface area contributed by atoms with E-state index < -0.39 is 34.0 Å². The van der Waals surface area contributed by atoms with Gasteiger partial charge in [0.25, 0.3) is 5.56 Å². The van der Waals surface area contributed by atoms with Crippen LogP contribution in [-0.4, -0.2) is 22.6 Å². The first-order chi connectivity index (χ1) is 7.74. The highest BCUT2D eigenvalue weighted by Crippen LogP contribution is 2.31. The molecule has 1 aromatic heterocycles. The van der Waals surface area contributed by atoms with E-state index in [0.717, 1.165) is 0 Å². The minimum Gasteiger partial charge on any atom is -0.398 e. The van der Waals surface area contributed by atoms with Crippen LogP contribution >= 0.6 is 0 Å². The van der Waals surface area contributed by atoms with Gasteiger partial charge in [0.1, 0.15) is 0 Å². The molecule has 92 valence electrons. The smallest absolute Gasteiger partial charge is 0.398 e. The number of nitrogens with one attached hydrogen (secondary N) is 1. The molecule has 17 heavy (non-hydrogen) atoms. The molecule has 7 nitrogen and oxygen atoms in total. The Hall–Kier alpha value is -2.39. The number of nitrogens with zero attached hydrogens (tertiary/aromatic N) is 1. The van der Waals surface area contributed by atoms with E-state index in [2.05, 4.69) is 4.74 Å². The van der Waals surface area contributed by atoms with Gasteiger partial charge in [-0.15, -0.1) is 13.2 Å². The van der Waals surface area contributed by atoms with E-state index in [1.165, 1.54) is 0 Å². The number of H-pyrrole nitrogens is 1. The van der Waals surface area contributed by atoms with Gasteiger partial charge in [-0.1, -0.05) is 0 Å². The van der Waals surface area contributed by atoms with Crippen LogP contribution < -0.4 is 10.3 Å². The molecule has 0 aliphatic carbocycles. The molecule has 10 heteroatoms. The number of aromatic nitrogens is 1. The van der Waals surface area contributed by atoms with E-state index >= 15 is 0 Å². The number of carbonyl (C=O) groups excluding carboxylic acids is 1. The molecule has 0 saturated heterocycles. The predicted octanol–water partition coefficient (Wildman–Crippen LogP) is 0.994. The number of aldehydes is 1. The summed E-state index contributed by atoms with van der Waals surface area (Å²) in [5.41, 5.74) is -3.28. The van der Waals surface area contributed by atoms with Gasteiger partial charge in [0, 0.05) is 0 Å². The van der Waals surface area contributed by atoms with E-state index in [9.17, 15) is 32.9 Å². The lowest BCUT2D eigenvalue weighted by atomic mass is 10.3. The summed E-state index contributed by atoms with van der Waals surface area (Å²) in [5, 5.41) is 10.5. The van der Waals surface area contributed by atoms with E-state index in [0.29, 0.717) is 0 Å². The molecular weight excluding hydrogens is 249 g/mol. The van der Waals surface area contributed by atoms with E-state index in [1.54, 1.807) is 4.98 Å². The molecule has 0 bridgehead atoms. The van der Waals surface area contributed by atoms with Crippen molar-refractivity contribution < 1.29 is 27.6 Å². The van der Waals surface area contributed by atoms with Gasteiger partial charge in [-0.3, -0.25) is 19.7 Å². The second kappa shape index (κ2) is 4.23. The second-order valence-electron chi connectivity index (χ2n) is 2.68. The van der Waals surface area contributed by atoms with Crippen LogP contribution in [0.2, 0.25) is 0 Å². The molecular formula is C7H3F3N2O5. The van der Waals surface area contributed by atoms with Crippen molar-refractivity contribution in [1.82, 2.24) is 4.98 Å². The number of carbonyl (C=O) groups is 1. The Balaban J connectivity index is 3.46. The van der Waals surface area contributed by atoms with Gasteiger partial charge < -0.3 is 9.72 Å².